The standard InChI is InChI=1S/C29H37Cl2N3O/c1-22(19-33-13-15-34(16-14-33)20-24-8-4-3-5-9-24)21-35-32-29-23(2)7-6-10-26(29)17-25-11-12-27(30)18-28(25)31/h3-5,8-9,11-12,17-18,22-23H,6-7,10,13-16,19-21H2,1-2H3/b26-17+,32-29+/t22-,23+/m1/s1. The predicted molar refractivity (Wildman–Crippen MR) is 148 cm³/mol. The number of nitrogens with zero attached hydrogens (tertiary/aromatic N) is 3. The summed E-state index contributed by atoms with van der Waals surface area (Å²) in [6.07, 6.45) is 5.43. The van der Waals surface area contributed by atoms with E-state index < -0.39 is 0 Å². The van der Waals surface area contributed by atoms with Crippen molar-refractivity contribution in [2.75, 3.05) is 39.3 Å². The second-order valence-electron chi connectivity index (χ2n) is 10.1. The van der Waals surface area contributed by atoms with Crippen LogP contribution < -0.4 is 0 Å². The lowest BCUT2D eigenvalue weighted by molar-refractivity contribution is 0.0710. The first-order valence-electron chi connectivity index (χ1n) is 12.8. The highest BCUT2D eigenvalue weighted by Gasteiger charge is 2.23. The summed E-state index contributed by atoms with van der Waals surface area (Å²) in [7, 11) is 0. The molecule has 2 atom stereocenters. The molecule has 1 heterocycles. The van der Waals surface area contributed by atoms with Crippen LogP contribution in [0, 0.1) is 11.8 Å². The highest BCUT2D eigenvalue weighted by atomic mass is 35.5. The van der Waals surface area contributed by atoms with Crippen LogP contribution in [0.4, 0.5) is 0 Å². The van der Waals surface area contributed by atoms with E-state index >= 15 is 0 Å². The summed E-state index contributed by atoms with van der Waals surface area (Å²) in [5, 5.41) is 5.95. The first kappa shape index (κ1) is 26.2. The van der Waals surface area contributed by atoms with Crippen LogP contribution >= 0.6 is 23.2 Å². The summed E-state index contributed by atoms with van der Waals surface area (Å²) in [4.78, 5) is 11.0. The van der Waals surface area contributed by atoms with Gasteiger partial charge in [-0.3, -0.25) is 4.90 Å². The van der Waals surface area contributed by atoms with E-state index in [1.807, 2.05) is 12.1 Å². The highest BCUT2D eigenvalue weighted by molar-refractivity contribution is 6.35. The third-order valence-electron chi connectivity index (χ3n) is 6.98. The molecule has 0 bridgehead atoms. The first-order valence-corrected chi connectivity index (χ1v) is 13.6. The van der Waals surface area contributed by atoms with Crippen molar-refractivity contribution in [3.8, 4) is 0 Å². The molecule has 0 N–H and O–H groups in total. The van der Waals surface area contributed by atoms with Crippen LogP contribution in [0.25, 0.3) is 6.08 Å². The second kappa shape index (κ2) is 12.9. The molecule has 0 unspecified atom stereocenters. The molecule has 188 valence electrons. The van der Waals surface area contributed by atoms with Gasteiger partial charge in [-0.1, -0.05) is 78.6 Å². The number of hydrogen-bond acceptors (Lipinski definition) is 4. The molecule has 6 heteroatoms. The van der Waals surface area contributed by atoms with Gasteiger partial charge in [0.15, 0.2) is 0 Å². The Morgan fingerprint density at radius 3 is 2.54 bits per heavy atom. The fourth-order valence-electron chi connectivity index (χ4n) is 4.98. The molecule has 2 aromatic carbocycles. The molecular formula is C29H37Cl2N3O. The van der Waals surface area contributed by atoms with Crippen LogP contribution in [0.3, 0.4) is 0 Å². The Kier molecular flexibility index (Phi) is 9.67. The normalized spacial score (nSPS) is 23.0. The summed E-state index contributed by atoms with van der Waals surface area (Å²) in [5.41, 5.74) is 4.65. The minimum absolute atomic E-state index is 0.383. The number of allylic oxidation sites excluding steroid dienone is 1. The van der Waals surface area contributed by atoms with Crippen molar-refractivity contribution in [2.24, 2.45) is 17.0 Å². The summed E-state index contributed by atoms with van der Waals surface area (Å²) in [6.45, 7) is 11.7. The van der Waals surface area contributed by atoms with Crippen molar-refractivity contribution < 1.29 is 4.84 Å². The summed E-state index contributed by atoms with van der Waals surface area (Å²) in [6, 6.07) is 16.4. The Morgan fingerprint density at radius 2 is 1.80 bits per heavy atom. The van der Waals surface area contributed by atoms with E-state index in [0.29, 0.717) is 28.5 Å². The zero-order valence-electron chi connectivity index (χ0n) is 20.9. The number of hydrogen-bond donors (Lipinski definition) is 0. The van der Waals surface area contributed by atoms with Gasteiger partial charge >= 0.3 is 0 Å². The monoisotopic (exact) mass is 513 g/mol. The van der Waals surface area contributed by atoms with Crippen molar-refractivity contribution >= 4 is 35.0 Å². The number of halogens is 2. The average Bonchev–Trinajstić information content (AvgIpc) is 2.84. The Balaban J connectivity index is 1.27. The van der Waals surface area contributed by atoms with Gasteiger partial charge in [0.1, 0.15) is 6.61 Å². The van der Waals surface area contributed by atoms with Crippen LogP contribution in [0.15, 0.2) is 59.3 Å². The first-order chi connectivity index (χ1) is 17.0. The smallest absolute Gasteiger partial charge is 0.120 e. The molecule has 2 aromatic rings. The maximum absolute atomic E-state index is 6.41. The van der Waals surface area contributed by atoms with Gasteiger partial charge < -0.3 is 9.74 Å². The lowest BCUT2D eigenvalue weighted by atomic mass is 9.84. The Hall–Kier alpha value is -1.85. The van der Waals surface area contributed by atoms with Gasteiger partial charge in [0.25, 0.3) is 0 Å². The van der Waals surface area contributed by atoms with E-state index in [1.165, 1.54) is 11.1 Å². The number of oxime groups is 1. The highest BCUT2D eigenvalue weighted by Crippen LogP contribution is 2.30. The molecule has 0 aromatic heterocycles. The Labute approximate surface area is 220 Å². The van der Waals surface area contributed by atoms with E-state index in [9.17, 15) is 0 Å². The van der Waals surface area contributed by atoms with E-state index in [4.69, 9.17) is 28.0 Å². The fourth-order valence-corrected chi connectivity index (χ4v) is 5.44. The molecule has 0 spiro atoms. The van der Waals surface area contributed by atoms with Crippen molar-refractivity contribution in [2.45, 2.75) is 39.7 Å². The summed E-state index contributed by atoms with van der Waals surface area (Å²) >= 11 is 12.5. The van der Waals surface area contributed by atoms with E-state index in [0.717, 1.165) is 69.8 Å². The van der Waals surface area contributed by atoms with Gasteiger partial charge in [-0.25, -0.2) is 0 Å². The Morgan fingerprint density at radius 1 is 1.06 bits per heavy atom. The van der Waals surface area contributed by atoms with Crippen LogP contribution in [-0.4, -0.2) is 54.8 Å². The minimum Gasteiger partial charge on any atom is -0.395 e. The third kappa shape index (κ3) is 7.82. The molecule has 4 nitrogen and oxygen atoms in total. The quantitative estimate of drug-likeness (QED) is 0.354. The van der Waals surface area contributed by atoms with Crippen molar-refractivity contribution in [3.63, 3.8) is 0 Å². The number of rotatable bonds is 8. The molecule has 1 aliphatic carbocycles. The number of benzene rings is 2. The molecule has 4 rings (SSSR count). The van der Waals surface area contributed by atoms with Crippen LogP contribution in [0.1, 0.15) is 44.2 Å². The van der Waals surface area contributed by atoms with Gasteiger partial charge in [0.05, 0.1) is 5.71 Å². The fraction of sp³-hybridized carbons (Fsp3) is 0.483. The van der Waals surface area contributed by atoms with Crippen molar-refractivity contribution in [1.29, 1.82) is 0 Å². The van der Waals surface area contributed by atoms with Gasteiger partial charge in [-0.2, -0.15) is 0 Å². The predicted octanol–water partition coefficient (Wildman–Crippen LogP) is 7.02. The maximum Gasteiger partial charge on any atom is 0.120 e. The van der Waals surface area contributed by atoms with Crippen LogP contribution in [0.2, 0.25) is 10.0 Å². The van der Waals surface area contributed by atoms with Crippen LogP contribution in [-0.2, 0) is 11.4 Å². The summed E-state index contributed by atoms with van der Waals surface area (Å²) < 4.78 is 0. The molecule has 35 heavy (non-hydrogen) atoms. The van der Waals surface area contributed by atoms with E-state index in [2.05, 4.69) is 65.2 Å². The molecular weight excluding hydrogens is 477 g/mol. The van der Waals surface area contributed by atoms with E-state index in [-0.39, 0.29) is 0 Å². The van der Waals surface area contributed by atoms with Gasteiger partial charge in [-0.05, 0) is 54.2 Å². The number of piperazine rings is 1. The third-order valence-corrected chi connectivity index (χ3v) is 7.54. The second-order valence-corrected chi connectivity index (χ2v) is 10.9. The average molecular weight is 515 g/mol. The van der Waals surface area contributed by atoms with Gasteiger partial charge in [-0.15, -0.1) is 0 Å². The SMILES string of the molecule is C[C@@H](CO/N=C1/C(=C/c2ccc(Cl)cc2Cl)CCC[C@@H]1C)CN1CCN(Cc2ccccc2)CC1. The van der Waals surface area contributed by atoms with Gasteiger partial charge in [0, 0.05) is 61.1 Å². The lowest BCUT2D eigenvalue weighted by Gasteiger charge is -2.35. The van der Waals surface area contributed by atoms with Crippen LogP contribution in [0.5, 0.6) is 0 Å². The molecule has 2 aliphatic rings. The summed E-state index contributed by atoms with van der Waals surface area (Å²) in [5.74, 6) is 0.811. The van der Waals surface area contributed by atoms with Crippen molar-refractivity contribution in [1.82, 2.24) is 9.80 Å². The van der Waals surface area contributed by atoms with Gasteiger partial charge in [0.2, 0.25) is 0 Å². The zero-order chi connectivity index (χ0) is 24.6. The van der Waals surface area contributed by atoms with Crippen molar-refractivity contribution in [3.05, 3.63) is 75.3 Å². The maximum atomic E-state index is 6.41. The molecule has 2 fully saturated rings. The zero-order valence-corrected chi connectivity index (χ0v) is 22.4. The molecule has 1 saturated carbocycles. The van der Waals surface area contributed by atoms with E-state index in [1.54, 1.807) is 6.07 Å². The molecule has 0 amide bonds. The molecule has 0 radical (unpaired) electrons. The molecule has 1 saturated heterocycles. The topological polar surface area (TPSA) is 28.1 Å². The minimum atomic E-state index is 0.383. The molecule has 1 aliphatic heterocycles. The Bertz CT molecular complexity index is 1020. The largest absolute Gasteiger partial charge is 0.395 e. The lowest BCUT2D eigenvalue weighted by Crippen LogP contribution is -2.47.